The van der Waals surface area contributed by atoms with E-state index in [0.717, 1.165) is 12.8 Å². The first-order valence-corrected chi connectivity index (χ1v) is 9.41. The standard InChI is InChI=1S/C14H23NO5S/c1-2-15(10-7-8-21(19,20)9-10)13(16)11-5-3-4-6-12(11)14(17)18/h10-12H,2-9H2,1H3,(H,17,18)/t10?,11-,12+/m1/s1. The molecule has 2 fully saturated rings. The summed E-state index contributed by atoms with van der Waals surface area (Å²) in [6, 6.07) is -0.288. The van der Waals surface area contributed by atoms with Gasteiger partial charge in [-0.3, -0.25) is 9.59 Å². The molecule has 7 heteroatoms. The molecule has 0 aromatic heterocycles. The Morgan fingerprint density at radius 2 is 1.76 bits per heavy atom. The fourth-order valence-electron chi connectivity index (χ4n) is 3.55. The van der Waals surface area contributed by atoms with E-state index in [-0.39, 0.29) is 23.5 Å². The molecule has 0 spiro atoms. The van der Waals surface area contributed by atoms with Crippen LogP contribution in [0.5, 0.6) is 0 Å². The van der Waals surface area contributed by atoms with Gasteiger partial charge >= 0.3 is 5.97 Å². The molecule has 1 saturated carbocycles. The molecule has 1 aliphatic heterocycles. The van der Waals surface area contributed by atoms with Gasteiger partial charge in [-0.2, -0.15) is 0 Å². The van der Waals surface area contributed by atoms with Gasteiger partial charge in [0.05, 0.1) is 23.3 Å². The van der Waals surface area contributed by atoms with Gasteiger partial charge in [-0.15, -0.1) is 0 Å². The second-order valence-corrected chi connectivity index (χ2v) is 8.25. The molecule has 1 aliphatic carbocycles. The van der Waals surface area contributed by atoms with Gasteiger partial charge in [0, 0.05) is 12.6 Å². The smallest absolute Gasteiger partial charge is 0.307 e. The van der Waals surface area contributed by atoms with Crippen molar-refractivity contribution in [2.45, 2.75) is 45.1 Å². The molecule has 1 amide bonds. The lowest BCUT2D eigenvalue weighted by atomic mass is 9.78. The number of carboxylic acid groups (broad SMARTS) is 1. The number of nitrogens with zero attached hydrogens (tertiary/aromatic N) is 1. The largest absolute Gasteiger partial charge is 0.481 e. The van der Waals surface area contributed by atoms with Gasteiger partial charge < -0.3 is 10.0 Å². The number of rotatable bonds is 4. The zero-order chi connectivity index (χ0) is 15.6. The van der Waals surface area contributed by atoms with Crippen molar-refractivity contribution in [3.8, 4) is 0 Å². The number of aliphatic carboxylic acids is 1. The highest BCUT2D eigenvalue weighted by molar-refractivity contribution is 7.91. The van der Waals surface area contributed by atoms with Gasteiger partial charge in [0.25, 0.3) is 0 Å². The van der Waals surface area contributed by atoms with E-state index in [1.165, 1.54) is 0 Å². The minimum atomic E-state index is -3.05. The molecule has 0 aromatic rings. The molecule has 0 bridgehead atoms. The van der Waals surface area contributed by atoms with Gasteiger partial charge in [-0.25, -0.2) is 8.42 Å². The molecular weight excluding hydrogens is 294 g/mol. The number of sulfone groups is 1. The second kappa shape index (κ2) is 6.34. The summed E-state index contributed by atoms with van der Waals surface area (Å²) in [5.41, 5.74) is 0. The average Bonchev–Trinajstić information content (AvgIpc) is 2.79. The molecule has 21 heavy (non-hydrogen) atoms. The van der Waals surface area contributed by atoms with Gasteiger partial charge in [0.1, 0.15) is 0 Å². The molecule has 0 aromatic carbocycles. The maximum Gasteiger partial charge on any atom is 0.307 e. The van der Waals surface area contributed by atoms with Crippen LogP contribution in [-0.4, -0.2) is 54.4 Å². The third kappa shape index (κ3) is 3.56. The Bertz CT molecular complexity index is 515. The second-order valence-electron chi connectivity index (χ2n) is 6.02. The lowest BCUT2D eigenvalue weighted by Gasteiger charge is -2.35. The Hall–Kier alpha value is -1.11. The minimum absolute atomic E-state index is 0.0110. The zero-order valence-electron chi connectivity index (χ0n) is 12.3. The van der Waals surface area contributed by atoms with Crippen molar-refractivity contribution >= 4 is 21.7 Å². The van der Waals surface area contributed by atoms with Crippen LogP contribution in [0.2, 0.25) is 0 Å². The van der Waals surface area contributed by atoms with E-state index in [9.17, 15) is 23.1 Å². The van der Waals surface area contributed by atoms with Crippen molar-refractivity contribution in [3.05, 3.63) is 0 Å². The lowest BCUT2D eigenvalue weighted by molar-refractivity contribution is -0.153. The van der Waals surface area contributed by atoms with E-state index < -0.39 is 27.6 Å². The van der Waals surface area contributed by atoms with Crippen LogP contribution in [0, 0.1) is 11.8 Å². The Morgan fingerprint density at radius 3 is 2.24 bits per heavy atom. The van der Waals surface area contributed by atoms with E-state index in [4.69, 9.17) is 0 Å². The molecule has 120 valence electrons. The van der Waals surface area contributed by atoms with E-state index in [1.807, 2.05) is 6.92 Å². The Labute approximate surface area is 125 Å². The first-order valence-electron chi connectivity index (χ1n) is 7.59. The van der Waals surface area contributed by atoms with Crippen LogP contribution < -0.4 is 0 Å². The van der Waals surface area contributed by atoms with Crippen LogP contribution in [-0.2, 0) is 19.4 Å². The first kappa shape index (κ1) is 16.3. The fourth-order valence-corrected chi connectivity index (χ4v) is 5.28. The number of carbonyl (C=O) groups excluding carboxylic acids is 1. The number of carboxylic acids is 1. The molecular formula is C14H23NO5S. The van der Waals surface area contributed by atoms with Gasteiger partial charge in [-0.1, -0.05) is 12.8 Å². The van der Waals surface area contributed by atoms with Crippen molar-refractivity contribution in [3.63, 3.8) is 0 Å². The van der Waals surface area contributed by atoms with E-state index >= 15 is 0 Å². The number of carbonyl (C=O) groups is 2. The predicted octanol–water partition coefficient (Wildman–Crippen LogP) is 0.913. The lowest BCUT2D eigenvalue weighted by Crippen LogP contribution is -2.47. The molecule has 6 nitrogen and oxygen atoms in total. The third-order valence-corrected chi connectivity index (χ3v) is 6.42. The van der Waals surface area contributed by atoms with Crippen LogP contribution >= 0.6 is 0 Å². The van der Waals surface area contributed by atoms with Crippen molar-refractivity contribution < 1.29 is 23.1 Å². The number of amides is 1. The highest BCUT2D eigenvalue weighted by Crippen LogP contribution is 2.33. The Kier molecular flexibility index (Phi) is 4.91. The molecule has 2 aliphatic rings. The zero-order valence-corrected chi connectivity index (χ0v) is 13.1. The van der Waals surface area contributed by atoms with Crippen molar-refractivity contribution in [1.82, 2.24) is 4.90 Å². The van der Waals surface area contributed by atoms with Crippen LogP contribution in [0.3, 0.4) is 0 Å². The monoisotopic (exact) mass is 317 g/mol. The summed E-state index contributed by atoms with van der Waals surface area (Å²) in [7, 11) is -3.05. The maximum atomic E-state index is 12.7. The maximum absolute atomic E-state index is 12.7. The summed E-state index contributed by atoms with van der Waals surface area (Å²) in [4.78, 5) is 25.6. The molecule has 2 rings (SSSR count). The van der Waals surface area contributed by atoms with Crippen LogP contribution in [0.1, 0.15) is 39.0 Å². The molecule has 0 radical (unpaired) electrons. The Balaban J connectivity index is 2.13. The summed E-state index contributed by atoms with van der Waals surface area (Å²) < 4.78 is 23.2. The number of hydrogen-bond acceptors (Lipinski definition) is 4. The quantitative estimate of drug-likeness (QED) is 0.832. The average molecular weight is 317 g/mol. The number of hydrogen-bond donors (Lipinski definition) is 1. The fraction of sp³-hybridized carbons (Fsp3) is 0.857. The van der Waals surface area contributed by atoms with Crippen LogP contribution in [0.15, 0.2) is 0 Å². The van der Waals surface area contributed by atoms with Crippen molar-refractivity contribution in [1.29, 1.82) is 0 Å². The summed E-state index contributed by atoms with van der Waals surface area (Å²) in [5.74, 6) is -2.08. The third-order valence-electron chi connectivity index (χ3n) is 4.67. The Morgan fingerprint density at radius 1 is 1.14 bits per heavy atom. The molecule has 1 heterocycles. The highest BCUT2D eigenvalue weighted by Gasteiger charge is 2.41. The van der Waals surface area contributed by atoms with E-state index in [0.29, 0.717) is 25.8 Å². The molecule has 1 N–H and O–H groups in total. The van der Waals surface area contributed by atoms with Crippen LogP contribution in [0.25, 0.3) is 0 Å². The van der Waals surface area contributed by atoms with Crippen LogP contribution in [0.4, 0.5) is 0 Å². The highest BCUT2D eigenvalue weighted by atomic mass is 32.2. The molecule has 3 atom stereocenters. The topological polar surface area (TPSA) is 91.8 Å². The normalized spacial score (nSPS) is 31.8. The summed E-state index contributed by atoms with van der Waals surface area (Å²) in [6.07, 6.45) is 3.29. The molecule has 1 unspecified atom stereocenters. The van der Waals surface area contributed by atoms with Gasteiger partial charge in [0.15, 0.2) is 9.84 Å². The van der Waals surface area contributed by atoms with Crippen molar-refractivity contribution in [2.75, 3.05) is 18.1 Å². The summed E-state index contributed by atoms with van der Waals surface area (Å²) in [5, 5.41) is 9.29. The summed E-state index contributed by atoms with van der Waals surface area (Å²) >= 11 is 0. The molecule has 1 saturated heterocycles. The minimum Gasteiger partial charge on any atom is -0.481 e. The SMILES string of the molecule is CCN(C(=O)[C@@H]1CCCC[C@@H]1C(=O)O)C1CCS(=O)(=O)C1. The van der Waals surface area contributed by atoms with E-state index in [1.54, 1.807) is 4.90 Å². The predicted molar refractivity (Wildman–Crippen MR) is 77.5 cm³/mol. The van der Waals surface area contributed by atoms with Crippen molar-refractivity contribution in [2.24, 2.45) is 11.8 Å². The van der Waals surface area contributed by atoms with E-state index in [2.05, 4.69) is 0 Å². The van der Waals surface area contributed by atoms with Gasteiger partial charge in [-0.05, 0) is 26.2 Å². The summed E-state index contributed by atoms with van der Waals surface area (Å²) in [6.45, 7) is 2.25. The van der Waals surface area contributed by atoms with Gasteiger partial charge in [0.2, 0.25) is 5.91 Å². The first-order chi connectivity index (χ1) is 9.85.